The third kappa shape index (κ3) is 2.41. The van der Waals surface area contributed by atoms with E-state index in [9.17, 15) is 4.39 Å². The van der Waals surface area contributed by atoms with Crippen molar-refractivity contribution in [2.45, 2.75) is 6.54 Å². The van der Waals surface area contributed by atoms with E-state index in [0.29, 0.717) is 12.2 Å². The number of imidazole rings is 1. The molecule has 1 aromatic carbocycles. The summed E-state index contributed by atoms with van der Waals surface area (Å²) in [5, 5.41) is 3.01. The second-order valence-corrected chi connectivity index (χ2v) is 4.35. The van der Waals surface area contributed by atoms with Crippen LogP contribution in [0.2, 0.25) is 0 Å². The van der Waals surface area contributed by atoms with Gasteiger partial charge >= 0.3 is 0 Å². The number of nitrogens with zero attached hydrogens (tertiary/aromatic N) is 2. The first-order valence-corrected chi connectivity index (χ1v) is 5.61. The molecule has 3 nitrogen and oxygen atoms in total. The Kier molecular flexibility index (Phi) is 3.24. The van der Waals surface area contributed by atoms with Gasteiger partial charge in [-0.1, -0.05) is 15.9 Å². The summed E-state index contributed by atoms with van der Waals surface area (Å²) in [6.45, 7) is 0.497. The van der Waals surface area contributed by atoms with Crippen molar-refractivity contribution in [3.8, 4) is 0 Å². The Morgan fingerprint density at radius 1 is 1.50 bits per heavy atom. The van der Waals surface area contributed by atoms with Crippen molar-refractivity contribution in [1.82, 2.24) is 9.55 Å². The number of hydrogen-bond acceptors (Lipinski definition) is 2. The van der Waals surface area contributed by atoms with Gasteiger partial charge < -0.3 is 9.88 Å². The number of hydrogen-bond donors (Lipinski definition) is 1. The quantitative estimate of drug-likeness (QED) is 0.939. The molecule has 1 aromatic heterocycles. The van der Waals surface area contributed by atoms with Gasteiger partial charge in [-0.2, -0.15) is 0 Å². The maximum Gasteiger partial charge on any atom is 0.146 e. The minimum atomic E-state index is -0.266. The SMILES string of the molecule is Cn1ccnc1CNc1cc(Br)ccc1F. The molecule has 0 unspecified atom stereocenters. The highest BCUT2D eigenvalue weighted by atomic mass is 79.9. The van der Waals surface area contributed by atoms with Crippen molar-refractivity contribution in [1.29, 1.82) is 0 Å². The summed E-state index contributed by atoms with van der Waals surface area (Å²) in [4.78, 5) is 4.15. The van der Waals surface area contributed by atoms with E-state index in [1.807, 2.05) is 17.8 Å². The van der Waals surface area contributed by atoms with Gasteiger partial charge in [0.1, 0.15) is 11.6 Å². The van der Waals surface area contributed by atoms with Crippen LogP contribution >= 0.6 is 15.9 Å². The van der Waals surface area contributed by atoms with Gasteiger partial charge in [0.2, 0.25) is 0 Å². The molecule has 2 rings (SSSR count). The highest BCUT2D eigenvalue weighted by molar-refractivity contribution is 9.10. The van der Waals surface area contributed by atoms with Crippen LogP contribution in [0.4, 0.5) is 10.1 Å². The molecule has 0 aliphatic rings. The molecule has 1 N–H and O–H groups in total. The molecule has 1 heterocycles. The summed E-state index contributed by atoms with van der Waals surface area (Å²) in [5.41, 5.74) is 0.470. The Morgan fingerprint density at radius 3 is 3.00 bits per heavy atom. The molecule has 0 amide bonds. The highest BCUT2D eigenvalue weighted by Gasteiger charge is 2.04. The van der Waals surface area contributed by atoms with Crippen LogP contribution in [-0.2, 0) is 13.6 Å². The maximum atomic E-state index is 13.4. The van der Waals surface area contributed by atoms with E-state index in [1.54, 1.807) is 18.3 Å². The van der Waals surface area contributed by atoms with Crippen LogP contribution in [0.3, 0.4) is 0 Å². The van der Waals surface area contributed by atoms with E-state index in [1.165, 1.54) is 6.07 Å². The lowest BCUT2D eigenvalue weighted by molar-refractivity contribution is 0.629. The average Bonchev–Trinajstić information content (AvgIpc) is 2.66. The standard InChI is InChI=1S/C11H11BrFN3/c1-16-5-4-14-11(16)7-15-10-6-8(12)2-3-9(10)13/h2-6,15H,7H2,1H3. The number of benzene rings is 1. The maximum absolute atomic E-state index is 13.4. The van der Waals surface area contributed by atoms with Crippen LogP contribution in [0, 0.1) is 5.82 Å². The molecule has 0 saturated carbocycles. The van der Waals surface area contributed by atoms with Crippen LogP contribution < -0.4 is 5.32 Å². The Morgan fingerprint density at radius 2 is 2.31 bits per heavy atom. The number of aryl methyl sites for hydroxylation is 1. The third-order valence-electron chi connectivity index (χ3n) is 2.29. The van der Waals surface area contributed by atoms with E-state index in [-0.39, 0.29) is 5.82 Å². The minimum Gasteiger partial charge on any atom is -0.375 e. The predicted molar refractivity (Wildman–Crippen MR) is 64.6 cm³/mol. The van der Waals surface area contributed by atoms with Gasteiger partial charge in [-0.05, 0) is 18.2 Å². The van der Waals surface area contributed by atoms with Gasteiger partial charge in [-0.3, -0.25) is 0 Å². The molecule has 0 saturated heterocycles. The van der Waals surface area contributed by atoms with Crippen LogP contribution in [0.5, 0.6) is 0 Å². The lowest BCUT2D eigenvalue weighted by Crippen LogP contribution is -2.06. The molecule has 0 bridgehead atoms. The van der Waals surface area contributed by atoms with E-state index in [0.717, 1.165) is 10.3 Å². The summed E-state index contributed by atoms with van der Waals surface area (Å²) in [5.74, 6) is 0.594. The van der Waals surface area contributed by atoms with E-state index in [2.05, 4.69) is 26.2 Å². The zero-order chi connectivity index (χ0) is 11.5. The van der Waals surface area contributed by atoms with E-state index in [4.69, 9.17) is 0 Å². The summed E-state index contributed by atoms with van der Waals surface area (Å²) >= 11 is 3.30. The first-order chi connectivity index (χ1) is 7.66. The molecule has 5 heteroatoms. The summed E-state index contributed by atoms with van der Waals surface area (Å²) in [6, 6.07) is 4.80. The molecule has 0 fully saturated rings. The van der Waals surface area contributed by atoms with E-state index >= 15 is 0 Å². The number of rotatable bonds is 3. The highest BCUT2D eigenvalue weighted by Crippen LogP contribution is 2.20. The number of halogens is 2. The molecule has 0 aliphatic heterocycles. The van der Waals surface area contributed by atoms with Crippen LogP contribution in [-0.4, -0.2) is 9.55 Å². The van der Waals surface area contributed by atoms with Gasteiger partial charge in [0, 0.05) is 23.9 Å². The Balaban J connectivity index is 2.10. The number of aromatic nitrogens is 2. The molecule has 0 aliphatic carbocycles. The summed E-state index contributed by atoms with van der Waals surface area (Å²) in [6.07, 6.45) is 3.57. The minimum absolute atomic E-state index is 0.266. The van der Waals surface area contributed by atoms with Crippen LogP contribution in [0.1, 0.15) is 5.82 Å². The van der Waals surface area contributed by atoms with Gasteiger partial charge in [0.25, 0.3) is 0 Å². The van der Waals surface area contributed by atoms with Crippen molar-refractivity contribution in [3.05, 3.63) is 46.7 Å². The molecule has 0 atom stereocenters. The van der Waals surface area contributed by atoms with Crippen molar-refractivity contribution >= 4 is 21.6 Å². The zero-order valence-electron chi connectivity index (χ0n) is 8.74. The number of nitrogens with one attached hydrogen (secondary N) is 1. The topological polar surface area (TPSA) is 29.9 Å². The third-order valence-corrected chi connectivity index (χ3v) is 2.78. The second kappa shape index (κ2) is 4.65. The molecule has 2 aromatic rings. The van der Waals surface area contributed by atoms with E-state index < -0.39 is 0 Å². The second-order valence-electron chi connectivity index (χ2n) is 3.43. The molecular formula is C11H11BrFN3. The lowest BCUT2D eigenvalue weighted by atomic mass is 10.3. The fraction of sp³-hybridized carbons (Fsp3) is 0.182. The van der Waals surface area contributed by atoms with Crippen LogP contribution in [0.25, 0.3) is 0 Å². The monoisotopic (exact) mass is 283 g/mol. The molecular weight excluding hydrogens is 273 g/mol. The van der Waals surface area contributed by atoms with Crippen molar-refractivity contribution in [3.63, 3.8) is 0 Å². The first kappa shape index (κ1) is 11.1. The predicted octanol–water partition coefficient (Wildman–Crippen LogP) is 2.93. The Labute approximate surface area is 101 Å². The largest absolute Gasteiger partial charge is 0.375 e. The molecule has 84 valence electrons. The molecule has 16 heavy (non-hydrogen) atoms. The normalized spacial score (nSPS) is 10.4. The van der Waals surface area contributed by atoms with Crippen LogP contribution in [0.15, 0.2) is 35.1 Å². The Bertz CT molecular complexity index is 496. The zero-order valence-corrected chi connectivity index (χ0v) is 10.3. The Hall–Kier alpha value is -1.36. The smallest absolute Gasteiger partial charge is 0.146 e. The van der Waals surface area contributed by atoms with Gasteiger partial charge in [0.05, 0.1) is 12.2 Å². The number of anilines is 1. The van der Waals surface area contributed by atoms with Gasteiger partial charge in [-0.15, -0.1) is 0 Å². The first-order valence-electron chi connectivity index (χ1n) is 4.82. The fourth-order valence-corrected chi connectivity index (χ4v) is 1.74. The molecule has 0 spiro atoms. The van der Waals surface area contributed by atoms with Crippen molar-refractivity contribution < 1.29 is 4.39 Å². The average molecular weight is 284 g/mol. The summed E-state index contributed by atoms with van der Waals surface area (Å²) in [7, 11) is 1.90. The van der Waals surface area contributed by atoms with Crippen molar-refractivity contribution in [2.24, 2.45) is 7.05 Å². The van der Waals surface area contributed by atoms with Crippen molar-refractivity contribution in [2.75, 3.05) is 5.32 Å². The fourth-order valence-electron chi connectivity index (χ4n) is 1.37. The lowest BCUT2D eigenvalue weighted by Gasteiger charge is -2.07. The van der Waals surface area contributed by atoms with Gasteiger partial charge in [0.15, 0.2) is 0 Å². The molecule has 0 radical (unpaired) electrons. The summed E-state index contributed by atoms with van der Waals surface area (Å²) < 4.78 is 16.1. The van der Waals surface area contributed by atoms with Gasteiger partial charge in [-0.25, -0.2) is 9.37 Å².